The highest BCUT2D eigenvalue weighted by Gasteiger charge is 2.18. The number of aromatic nitrogens is 2. The van der Waals surface area contributed by atoms with Crippen LogP contribution in [0.3, 0.4) is 0 Å². The average molecular weight is 337 g/mol. The maximum absolute atomic E-state index is 12.5. The number of carbonyl (C=O) groups is 1. The van der Waals surface area contributed by atoms with Crippen molar-refractivity contribution in [2.24, 2.45) is 0 Å². The molecule has 1 heterocycles. The standard InChI is InChI=1S/C21H27N3O/c1-2-24(16-8-11-17-9-4-3-5-10-17)21(25)15-14-20-18-12-6-7-13-19(18)22-23-20/h3-5,8-11H,2,6-7,12-16H2,1H3,(H,22,23)/b11-8+. The van der Waals surface area contributed by atoms with Crippen LogP contribution in [-0.2, 0) is 24.1 Å². The first kappa shape index (κ1) is 17.5. The van der Waals surface area contributed by atoms with E-state index in [1.54, 1.807) is 0 Å². The van der Waals surface area contributed by atoms with E-state index in [0.29, 0.717) is 13.0 Å². The van der Waals surface area contributed by atoms with Gasteiger partial charge in [0.2, 0.25) is 5.91 Å². The second kappa shape index (κ2) is 8.65. The Kier molecular flexibility index (Phi) is 6.04. The number of H-pyrrole nitrogens is 1. The number of nitrogens with one attached hydrogen (secondary N) is 1. The van der Waals surface area contributed by atoms with Crippen molar-refractivity contribution in [2.45, 2.75) is 45.4 Å². The van der Waals surface area contributed by atoms with Crippen molar-refractivity contribution >= 4 is 12.0 Å². The number of amides is 1. The molecule has 2 aromatic rings. The van der Waals surface area contributed by atoms with E-state index in [1.165, 1.54) is 24.1 Å². The van der Waals surface area contributed by atoms with Crippen molar-refractivity contribution in [3.63, 3.8) is 0 Å². The topological polar surface area (TPSA) is 49.0 Å². The van der Waals surface area contributed by atoms with Gasteiger partial charge in [-0.15, -0.1) is 0 Å². The predicted molar refractivity (Wildman–Crippen MR) is 101 cm³/mol. The Hall–Kier alpha value is -2.36. The number of rotatable bonds is 7. The summed E-state index contributed by atoms with van der Waals surface area (Å²) in [5, 5.41) is 7.61. The summed E-state index contributed by atoms with van der Waals surface area (Å²) in [5.41, 5.74) is 4.91. The van der Waals surface area contributed by atoms with Gasteiger partial charge in [0.1, 0.15) is 0 Å². The molecule has 132 valence electrons. The zero-order valence-electron chi connectivity index (χ0n) is 15.0. The molecule has 0 fully saturated rings. The Morgan fingerprint density at radius 2 is 2.04 bits per heavy atom. The monoisotopic (exact) mass is 337 g/mol. The van der Waals surface area contributed by atoms with Gasteiger partial charge in [0, 0.05) is 31.6 Å². The zero-order valence-corrected chi connectivity index (χ0v) is 15.0. The molecule has 0 unspecified atom stereocenters. The van der Waals surface area contributed by atoms with E-state index in [2.05, 4.69) is 34.5 Å². The fourth-order valence-corrected chi connectivity index (χ4v) is 3.43. The van der Waals surface area contributed by atoms with Crippen LogP contribution in [0.25, 0.3) is 6.08 Å². The minimum Gasteiger partial charge on any atom is -0.339 e. The molecule has 0 aliphatic heterocycles. The van der Waals surface area contributed by atoms with Crippen LogP contribution in [-0.4, -0.2) is 34.1 Å². The molecule has 0 saturated heterocycles. The number of likely N-dealkylation sites (N-methyl/N-ethyl adjacent to an activating group) is 1. The highest BCUT2D eigenvalue weighted by Crippen LogP contribution is 2.23. The van der Waals surface area contributed by atoms with E-state index in [0.717, 1.165) is 37.1 Å². The molecular formula is C21H27N3O. The van der Waals surface area contributed by atoms with Crippen molar-refractivity contribution < 1.29 is 4.79 Å². The van der Waals surface area contributed by atoms with Crippen molar-refractivity contribution in [2.75, 3.05) is 13.1 Å². The number of hydrogen-bond donors (Lipinski definition) is 1. The van der Waals surface area contributed by atoms with Crippen LogP contribution in [0.5, 0.6) is 0 Å². The molecule has 4 nitrogen and oxygen atoms in total. The third-order valence-corrected chi connectivity index (χ3v) is 4.89. The summed E-state index contributed by atoms with van der Waals surface area (Å²) in [5.74, 6) is 0.202. The van der Waals surface area contributed by atoms with Crippen molar-refractivity contribution in [1.29, 1.82) is 0 Å². The van der Waals surface area contributed by atoms with Gasteiger partial charge in [-0.1, -0.05) is 42.5 Å². The number of aromatic amines is 1. The molecule has 0 atom stereocenters. The number of benzene rings is 1. The Labute approximate surface area is 149 Å². The van der Waals surface area contributed by atoms with Crippen LogP contribution in [0.4, 0.5) is 0 Å². The minimum atomic E-state index is 0.202. The van der Waals surface area contributed by atoms with Crippen LogP contribution in [0, 0.1) is 0 Å². The largest absolute Gasteiger partial charge is 0.339 e. The molecule has 0 radical (unpaired) electrons. The second-order valence-corrected chi connectivity index (χ2v) is 6.58. The van der Waals surface area contributed by atoms with Gasteiger partial charge in [-0.2, -0.15) is 5.10 Å². The summed E-state index contributed by atoms with van der Waals surface area (Å²) >= 11 is 0. The van der Waals surface area contributed by atoms with Crippen LogP contribution in [0.15, 0.2) is 36.4 Å². The van der Waals surface area contributed by atoms with Gasteiger partial charge >= 0.3 is 0 Å². The van der Waals surface area contributed by atoms with Gasteiger partial charge in [0.05, 0.1) is 5.69 Å². The number of fused-ring (bicyclic) bond motifs is 1. The molecule has 4 heteroatoms. The number of aryl methyl sites for hydroxylation is 2. The van der Waals surface area contributed by atoms with E-state index in [4.69, 9.17) is 0 Å². The third-order valence-electron chi connectivity index (χ3n) is 4.89. The van der Waals surface area contributed by atoms with Gasteiger partial charge in [-0.25, -0.2) is 0 Å². The maximum Gasteiger partial charge on any atom is 0.223 e. The molecule has 0 bridgehead atoms. The van der Waals surface area contributed by atoms with Gasteiger partial charge in [0.15, 0.2) is 0 Å². The lowest BCUT2D eigenvalue weighted by atomic mass is 9.94. The van der Waals surface area contributed by atoms with E-state index in [-0.39, 0.29) is 5.91 Å². The van der Waals surface area contributed by atoms with Crippen molar-refractivity contribution in [1.82, 2.24) is 15.1 Å². The normalized spacial score (nSPS) is 13.8. The van der Waals surface area contributed by atoms with Crippen LogP contribution in [0.1, 0.15) is 48.7 Å². The zero-order chi connectivity index (χ0) is 17.5. The molecule has 1 aliphatic rings. The smallest absolute Gasteiger partial charge is 0.223 e. The molecule has 1 amide bonds. The first-order chi connectivity index (χ1) is 12.3. The summed E-state index contributed by atoms with van der Waals surface area (Å²) in [6.45, 7) is 3.42. The van der Waals surface area contributed by atoms with Gasteiger partial charge in [0.25, 0.3) is 0 Å². The lowest BCUT2D eigenvalue weighted by Crippen LogP contribution is -2.31. The molecule has 1 N–H and O–H groups in total. The second-order valence-electron chi connectivity index (χ2n) is 6.58. The lowest BCUT2D eigenvalue weighted by molar-refractivity contribution is -0.130. The molecule has 1 aliphatic carbocycles. The molecule has 1 aromatic heterocycles. The Bertz CT molecular complexity index is 718. The van der Waals surface area contributed by atoms with Crippen LogP contribution >= 0.6 is 0 Å². The van der Waals surface area contributed by atoms with Gasteiger partial charge < -0.3 is 4.90 Å². The van der Waals surface area contributed by atoms with Gasteiger partial charge in [-0.05, 0) is 43.7 Å². The fraction of sp³-hybridized carbons (Fsp3) is 0.429. The van der Waals surface area contributed by atoms with E-state index in [1.807, 2.05) is 30.0 Å². The summed E-state index contributed by atoms with van der Waals surface area (Å²) in [6, 6.07) is 10.2. The first-order valence-corrected chi connectivity index (χ1v) is 9.32. The Balaban J connectivity index is 1.52. The average Bonchev–Trinajstić information content (AvgIpc) is 3.07. The highest BCUT2D eigenvalue weighted by molar-refractivity contribution is 5.76. The van der Waals surface area contributed by atoms with Gasteiger partial charge in [-0.3, -0.25) is 9.89 Å². The number of carbonyl (C=O) groups excluding carboxylic acids is 1. The summed E-state index contributed by atoms with van der Waals surface area (Å²) in [7, 11) is 0. The summed E-state index contributed by atoms with van der Waals surface area (Å²) in [4.78, 5) is 14.4. The fourth-order valence-electron chi connectivity index (χ4n) is 3.43. The Morgan fingerprint density at radius 1 is 1.24 bits per heavy atom. The van der Waals surface area contributed by atoms with E-state index >= 15 is 0 Å². The lowest BCUT2D eigenvalue weighted by Gasteiger charge is -2.19. The van der Waals surface area contributed by atoms with Crippen LogP contribution < -0.4 is 0 Å². The first-order valence-electron chi connectivity index (χ1n) is 9.32. The summed E-state index contributed by atoms with van der Waals surface area (Å²) < 4.78 is 0. The summed E-state index contributed by atoms with van der Waals surface area (Å²) in [6.07, 6.45) is 10.1. The van der Waals surface area contributed by atoms with Crippen molar-refractivity contribution in [3.05, 3.63) is 58.9 Å². The molecule has 25 heavy (non-hydrogen) atoms. The highest BCUT2D eigenvalue weighted by atomic mass is 16.2. The molecule has 0 spiro atoms. The van der Waals surface area contributed by atoms with E-state index < -0.39 is 0 Å². The molecule has 1 aromatic carbocycles. The molecule has 0 saturated carbocycles. The minimum absolute atomic E-state index is 0.202. The molecule has 3 rings (SSSR count). The number of hydrogen-bond acceptors (Lipinski definition) is 2. The maximum atomic E-state index is 12.5. The van der Waals surface area contributed by atoms with Crippen molar-refractivity contribution in [3.8, 4) is 0 Å². The van der Waals surface area contributed by atoms with E-state index in [9.17, 15) is 4.79 Å². The quantitative estimate of drug-likeness (QED) is 0.836. The third kappa shape index (κ3) is 4.59. The molecular weight excluding hydrogens is 310 g/mol. The SMILES string of the molecule is CCN(C/C=C/c1ccccc1)C(=O)CCc1n[nH]c2c1CCCC2. The predicted octanol–water partition coefficient (Wildman–Crippen LogP) is 3.78. The van der Waals surface area contributed by atoms with Crippen LogP contribution in [0.2, 0.25) is 0 Å². The number of nitrogens with zero attached hydrogens (tertiary/aromatic N) is 2. The Morgan fingerprint density at radius 3 is 2.84 bits per heavy atom.